The number of nitrogens with one attached hydrogen (secondary N) is 2. The fourth-order valence-corrected chi connectivity index (χ4v) is 5.17. The van der Waals surface area contributed by atoms with Crippen molar-refractivity contribution in [3.05, 3.63) is 46.8 Å². The topological polar surface area (TPSA) is 99.6 Å². The number of nitrogens with zero attached hydrogens (tertiary/aromatic N) is 4. The van der Waals surface area contributed by atoms with E-state index in [4.69, 9.17) is 4.98 Å². The Balaban J connectivity index is 1.20. The van der Waals surface area contributed by atoms with Gasteiger partial charge in [-0.1, -0.05) is 12.1 Å². The van der Waals surface area contributed by atoms with E-state index in [1.54, 1.807) is 4.90 Å². The van der Waals surface area contributed by atoms with Crippen LogP contribution >= 0.6 is 0 Å². The Bertz CT molecular complexity index is 1120. The third-order valence-corrected chi connectivity index (χ3v) is 7.05. The van der Waals surface area contributed by atoms with E-state index < -0.39 is 6.04 Å². The first-order valence-electron chi connectivity index (χ1n) is 11.4. The second-order valence-electron chi connectivity index (χ2n) is 9.18. The van der Waals surface area contributed by atoms with Crippen molar-refractivity contribution in [3.63, 3.8) is 0 Å². The first-order chi connectivity index (χ1) is 15.6. The molecule has 0 bridgehead atoms. The van der Waals surface area contributed by atoms with Gasteiger partial charge >= 0.3 is 0 Å². The first kappa shape index (κ1) is 19.5. The van der Waals surface area contributed by atoms with E-state index >= 15 is 0 Å². The molecule has 0 saturated carbocycles. The van der Waals surface area contributed by atoms with Crippen LogP contribution in [-0.2, 0) is 29.2 Å². The number of hydrogen-bond donors (Lipinski definition) is 2. The maximum atomic E-state index is 12.9. The molecule has 2 saturated heterocycles. The summed E-state index contributed by atoms with van der Waals surface area (Å²) >= 11 is 0. The number of anilines is 1. The predicted octanol–water partition coefficient (Wildman–Crippen LogP) is 0.741. The zero-order valence-electron chi connectivity index (χ0n) is 17.8. The highest BCUT2D eigenvalue weighted by Crippen LogP contribution is 2.30. The summed E-state index contributed by atoms with van der Waals surface area (Å²) in [7, 11) is 0. The van der Waals surface area contributed by atoms with E-state index in [-0.39, 0.29) is 24.1 Å². The third-order valence-electron chi connectivity index (χ3n) is 7.05. The molecule has 9 nitrogen and oxygen atoms in total. The van der Waals surface area contributed by atoms with Gasteiger partial charge in [0.25, 0.3) is 5.91 Å². The zero-order valence-corrected chi connectivity index (χ0v) is 17.8. The number of imide groups is 1. The number of imidazole rings is 1. The smallest absolute Gasteiger partial charge is 0.255 e. The van der Waals surface area contributed by atoms with E-state index in [0.29, 0.717) is 24.4 Å². The van der Waals surface area contributed by atoms with Gasteiger partial charge in [-0.05, 0) is 30.0 Å². The van der Waals surface area contributed by atoms with Gasteiger partial charge in [-0.2, -0.15) is 0 Å². The van der Waals surface area contributed by atoms with Gasteiger partial charge in [0.05, 0.1) is 5.69 Å². The molecule has 5 heterocycles. The van der Waals surface area contributed by atoms with Gasteiger partial charge in [-0.15, -0.1) is 0 Å². The molecule has 0 spiro atoms. The largest absolute Gasteiger partial charge is 0.338 e. The van der Waals surface area contributed by atoms with Crippen molar-refractivity contribution in [3.8, 4) is 0 Å². The highest BCUT2D eigenvalue weighted by atomic mass is 16.2. The Morgan fingerprint density at radius 1 is 1.12 bits per heavy atom. The van der Waals surface area contributed by atoms with E-state index in [1.165, 1.54) is 5.69 Å². The number of carbonyl (C=O) groups is 3. The van der Waals surface area contributed by atoms with E-state index in [2.05, 4.69) is 32.4 Å². The van der Waals surface area contributed by atoms with E-state index in [0.717, 1.165) is 56.2 Å². The Morgan fingerprint density at radius 3 is 2.78 bits per heavy atom. The normalized spacial score (nSPS) is 23.1. The number of carbonyl (C=O) groups excluding carboxylic acids is 3. The molecule has 2 fully saturated rings. The quantitative estimate of drug-likeness (QED) is 0.689. The van der Waals surface area contributed by atoms with Crippen molar-refractivity contribution in [2.75, 3.05) is 24.5 Å². The number of rotatable bonds is 4. The average Bonchev–Trinajstić information content (AvgIpc) is 3.28. The Hall–Kier alpha value is -3.20. The Morgan fingerprint density at radius 2 is 2.00 bits per heavy atom. The second-order valence-corrected chi connectivity index (χ2v) is 9.18. The molecule has 32 heavy (non-hydrogen) atoms. The van der Waals surface area contributed by atoms with Crippen molar-refractivity contribution in [1.82, 2.24) is 25.1 Å². The fraction of sp³-hybridized carbons (Fsp3) is 0.478. The lowest BCUT2D eigenvalue weighted by Gasteiger charge is -2.29. The second kappa shape index (κ2) is 7.44. The lowest BCUT2D eigenvalue weighted by atomic mass is 10.0. The van der Waals surface area contributed by atoms with Gasteiger partial charge in [0.1, 0.15) is 6.04 Å². The Labute approximate surface area is 185 Å². The molecule has 4 aliphatic heterocycles. The molecule has 166 valence electrons. The molecule has 3 amide bonds. The standard InChI is InChI=1S/C23H26N6O3/c30-20-5-4-19(21(31)26-20)29-12-15-8-14(2-3-17(15)22(29)32)11-27-6-1-7-28-13-18(25-23(27)28)16-9-24-10-16/h2-3,8,13,16,19,24H,1,4-7,9-12H2,(H,26,30,31). The first-order valence-corrected chi connectivity index (χ1v) is 11.4. The minimum Gasteiger partial charge on any atom is -0.338 e. The van der Waals surface area contributed by atoms with Gasteiger partial charge in [-0.25, -0.2) is 4.98 Å². The van der Waals surface area contributed by atoms with Gasteiger partial charge in [0, 0.05) is 63.4 Å². The number of hydrogen-bond acceptors (Lipinski definition) is 6. The maximum absolute atomic E-state index is 12.9. The van der Waals surface area contributed by atoms with Crippen LogP contribution in [-0.4, -0.2) is 57.8 Å². The molecule has 1 aromatic heterocycles. The van der Waals surface area contributed by atoms with E-state index in [1.807, 2.05) is 12.1 Å². The van der Waals surface area contributed by atoms with Crippen molar-refractivity contribution in [2.45, 2.75) is 50.9 Å². The van der Waals surface area contributed by atoms with Crippen LogP contribution < -0.4 is 15.5 Å². The van der Waals surface area contributed by atoms with Crippen LogP contribution in [0.1, 0.15) is 52.4 Å². The highest BCUT2D eigenvalue weighted by molar-refractivity contribution is 6.05. The molecule has 9 heteroatoms. The van der Waals surface area contributed by atoms with Crippen LogP contribution in [0.3, 0.4) is 0 Å². The molecule has 2 aromatic rings. The summed E-state index contributed by atoms with van der Waals surface area (Å²) in [5.74, 6) is 0.766. The molecule has 1 aromatic carbocycles. The zero-order chi connectivity index (χ0) is 21.8. The van der Waals surface area contributed by atoms with Crippen molar-refractivity contribution in [2.24, 2.45) is 0 Å². The Kier molecular flexibility index (Phi) is 4.53. The van der Waals surface area contributed by atoms with Crippen LogP contribution in [0.5, 0.6) is 0 Å². The maximum Gasteiger partial charge on any atom is 0.255 e. The summed E-state index contributed by atoms with van der Waals surface area (Å²) in [5, 5.41) is 5.67. The summed E-state index contributed by atoms with van der Waals surface area (Å²) in [5.41, 5.74) is 3.90. The molecule has 0 radical (unpaired) electrons. The molecule has 0 aliphatic carbocycles. The summed E-state index contributed by atoms with van der Waals surface area (Å²) in [6, 6.07) is 5.38. The van der Waals surface area contributed by atoms with Crippen LogP contribution in [0.4, 0.5) is 5.95 Å². The highest BCUT2D eigenvalue weighted by Gasteiger charge is 2.39. The van der Waals surface area contributed by atoms with Gasteiger partial charge < -0.3 is 19.7 Å². The number of fused-ring (bicyclic) bond motifs is 2. The van der Waals surface area contributed by atoms with Crippen LogP contribution in [0.2, 0.25) is 0 Å². The average molecular weight is 435 g/mol. The van der Waals surface area contributed by atoms with Crippen molar-refractivity contribution >= 4 is 23.7 Å². The SMILES string of the molecule is O=C1CCC(N2Cc3cc(CN4CCCn5cc(C6CNC6)nc54)ccc3C2=O)C(=O)N1. The third kappa shape index (κ3) is 3.19. The summed E-state index contributed by atoms with van der Waals surface area (Å²) in [6.07, 6.45) is 3.93. The molecule has 6 rings (SSSR count). The minimum absolute atomic E-state index is 0.131. The number of piperidine rings is 1. The number of amides is 3. The van der Waals surface area contributed by atoms with Gasteiger partial charge in [-0.3, -0.25) is 19.7 Å². The fourth-order valence-electron chi connectivity index (χ4n) is 5.17. The van der Waals surface area contributed by atoms with Crippen LogP contribution in [0, 0.1) is 0 Å². The predicted molar refractivity (Wildman–Crippen MR) is 116 cm³/mol. The molecule has 1 unspecified atom stereocenters. The molecular weight excluding hydrogens is 408 g/mol. The number of aromatic nitrogens is 2. The van der Waals surface area contributed by atoms with Crippen molar-refractivity contribution < 1.29 is 14.4 Å². The van der Waals surface area contributed by atoms with E-state index in [9.17, 15) is 14.4 Å². The molecular formula is C23H26N6O3. The summed E-state index contributed by atoms with van der Waals surface area (Å²) < 4.78 is 2.26. The summed E-state index contributed by atoms with van der Waals surface area (Å²) in [6.45, 7) is 5.09. The van der Waals surface area contributed by atoms with Crippen LogP contribution in [0.15, 0.2) is 24.4 Å². The monoisotopic (exact) mass is 434 g/mol. The lowest BCUT2D eigenvalue weighted by Crippen LogP contribution is -2.52. The van der Waals surface area contributed by atoms with Gasteiger partial charge in [0.2, 0.25) is 17.8 Å². The van der Waals surface area contributed by atoms with Gasteiger partial charge in [0.15, 0.2) is 0 Å². The summed E-state index contributed by atoms with van der Waals surface area (Å²) in [4.78, 5) is 45.5. The number of benzene rings is 1. The molecule has 1 atom stereocenters. The number of aryl methyl sites for hydroxylation is 1. The van der Waals surface area contributed by atoms with Crippen LogP contribution in [0.25, 0.3) is 0 Å². The molecule has 4 aliphatic rings. The molecule has 2 N–H and O–H groups in total. The minimum atomic E-state index is -0.579. The lowest BCUT2D eigenvalue weighted by molar-refractivity contribution is -0.136. The van der Waals surface area contributed by atoms with Crippen molar-refractivity contribution in [1.29, 1.82) is 0 Å².